The van der Waals surface area contributed by atoms with Crippen molar-refractivity contribution in [2.45, 2.75) is 13.0 Å². The van der Waals surface area contributed by atoms with E-state index in [-0.39, 0.29) is 5.92 Å². The molecule has 0 bridgehead atoms. The van der Waals surface area contributed by atoms with E-state index in [0.29, 0.717) is 17.9 Å². The summed E-state index contributed by atoms with van der Waals surface area (Å²) in [5.41, 5.74) is 0.596. The van der Waals surface area contributed by atoms with E-state index in [1.807, 2.05) is 6.92 Å². The molecule has 0 saturated heterocycles. The van der Waals surface area contributed by atoms with Crippen LogP contribution >= 0.6 is 0 Å². The molecule has 2 atom stereocenters. The Labute approximate surface area is 99.0 Å². The summed E-state index contributed by atoms with van der Waals surface area (Å²) in [4.78, 5) is 0. The molecule has 2 rings (SSSR count). The standard InChI is InChI=1S/C10H13FN2O3S/c1-6-5-16-9-4-7(11)2-3-8(9)10(6)13-17(12,14)15/h2-4,6,10,13H,5H2,1H3,(H2,12,14,15)/t6-,10+/m0/s1. The third-order valence-corrected chi connectivity index (χ3v) is 3.26. The van der Waals surface area contributed by atoms with Crippen molar-refractivity contribution in [1.82, 2.24) is 4.72 Å². The van der Waals surface area contributed by atoms with Crippen molar-refractivity contribution in [3.63, 3.8) is 0 Å². The smallest absolute Gasteiger partial charge is 0.274 e. The number of hydrogen-bond acceptors (Lipinski definition) is 3. The fourth-order valence-electron chi connectivity index (χ4n) is 1.87. The van der Waals surface area contributed by atoms with Crippen LogP contribution in [0.15, 0.2) is 18.2 Å². The lowest BCUT2D eigenvalue weighted by Gasteiger charge is -2.31. The van der Waals surface area contributed by atoms with E-state index in [2.05, 4.69) is 4.72 Å². The number of ether oxygens (including phenoxy) is 1. The first-order valence-electron chi connectivity index (χ1n) is 5.09. The van der Waals surface area contributed by atoms with Crippen molar-refractivity contribution < 1.29 is 17.5 Å². The van der Waals surface area contributed by atoms with Gasteiger partial charge in [0.05, 0.1) is 12.6 Å². The zero-order valence-corrected chi connectivity index (χ0v) is 10.00. The third-order valence-electron chi connectivity index (χ3n) is 2.67. The summed E-state index contributed by atoms with van der Waals surface area (Å²) < 4.78 is 42.8. The summed E-state index contributed by atoms with van der Waals surface area (Å²) in [5.74, 6) is -0.150. The summed E-state index contributed by atoms with van der Waals surface area (Å²) in [6, 6.07) is 3.51. The Morgan fingerprint density at radius 3 is 2.88 bits per heavy atom. The normalized spacial score (nSPS) is 23.9. The van der Waals surface area contributed by atoms with Crippen LogP contribution < -0.4 is 14.6 Å². The predicted octanol–water partition coefficient (Wildman–Crippen LogP) is 0.688. The molecule has 1 aromatic rings. The highest BCUT2D eigenvalue weighted by atomic mass is 32.2. The lowest BCUT2D eigenvalue weighted by molar-refractivity contribution is 0.199. The van der Waals surface area contributed by atoms with Crippen LogP contribution in [0.1, 0.15) is 18.5 Å². The molecule has 94 valence electrons. The molecule has 1 heterocycles. The molecule has 0 radical (unpaired) electrons. The van der Waals surface area contributed by atoms with Crippen LogP contribution in [0.4, 0.5) is 4.39 Å². The molecule has 0 unspecified atom stereocenters. The SMILES string of the molecule is C[C@H]1COc2cc(F)ccc2[C@@H]1NS(N)(=O)=O. The number of nitrogens with two attached hydrogens (primary N) is 1. The first-order chi connectivity index (χ1) is 7.87. The van der Waals surface area contributed by atoms with Crippen LogP contribution in [0.2, 0.25) is 0 Å². The van der Waals surface area contributed by atoms with Gasteiger partial charge in [0.15, 0.2) is 0 Å². The summed E-state index contributed by atoms with van der Waals surface area (Å²) >= 11 is 0. The average molecular weight is 260 g/mol. The lowest BCUT2D eigenvalue weighted by Crippen LogP contribution is -2.40. The van der Waals surface area contributed by atoms with Gasteiger partial charge in [-0.15, -0.1) is 0 Å². The zero-order chi connectivity index (χ0) is 12.6. The second kappa shape index (κ2) is 4.25. The summed E-state index contributed by atoms with van der Waals surface area (Å²) in [6.45, 7) is 2.14. The van der Waals surface area contributed by atoms with Gasteiger partial charge in [0.2, 0.25) is 0 Å². The largest absolute Gasteiger partial charge is 0.493 e. The first kappa shape index (κ1) is 12.3. The highest BCUT2D eigenvalue weighted by Gasteiger charge is 2.30. The van der Waals surface area contributed by atoms with E-state index in [9.17, 15) is 12.8 Å². The Morgan fingerprint density at radius 1 is 1.53 bits per heavy atom. The van der Waals surface area contributed by atoms with Crippen LogP contribution in [-0.4, -0.2) is 15.0 Å². The predicted molar refractivity (Wildman–Crippen MR) is 60.0 cm³/mol. The summed E-state index contributed by atoms with van der Waals surface area (Å²) in [5, 5.41) is 4.96. The van der Waals surface area contributed by atoms with E-state index >= 15 is 0 Å². The van der Waals surface area contributed by atoms with Crippen molar-refractivity contribution in [3.05, 3.63) is 29.6 Å². The van der Waals surface area contributed by atoms with Gasteiger partial charge < -0.3 is 4.74 Å². The Kier molecular flexibility index (Phi) is 3.07. The van der Waals surface area contributed by atoms with Gasteiger partial charge in [-0.3, -0.25) is 0 Å². The average Bonchev–Trinajstić information content (AvgIpc) is 2.21. The fourth-order valence-corrected chi connectivity index (χ4v) is 2.58. The Balaban J connectivity index is 2.40. The van der Waals surface area contributed by atoms with Crippen LogP contribution in [0.25, 0.3) is 0 Å². The van der Waals surface area contributed by atoms with Crippen molar-refractivity contribution in [2.24, 2.45) is 11.1 Å². The van der Waals surface area contributed by atoms with E-state index in [1.165, 1.54) is 18.2 Å². The van der Waals surface area contributed by atoms with E-state index in [4.69, 9.17) is 9.88 Å². The van der Waals surface area contributed by atoms with Gasteiger partial charge in [-0.1, -0.05) is 13.0 Å². The summed E-state index contributed by atoms with van der Waals surface area (Å²) in [7, 11) is -3.81. The van der Waals surface area contributed by atoms with Crippen LogP contribution in [0.5, 0.6) is 5.75 Å². The third kappa shape index (κ3) is 2.74. The van der Waals surface area contributed by atoms with E-state index < -0.39 is 22.1 Å². The second-order valence-corrected chi connectivity index (χ2v) is 5.44. The number of rotatable bonds is 2. The van der Waals surface area contributed by atoms with Gasteiger partial charge in [0.1, 0.15) is 11.6 Å². The van der Waals surface area contributed by atoms with Gasteiger partial charge in [-0.05, 0) is 6.07 Å². The van der Waals surface area contributed by atoms with Gasteiger partial charge in [0, 0.05) is 17.5 Å². The molecule has 1 aliphatic rings. The molecular weight excluding hydrogens is 247 g/mol. The van der Waals surface area contributed by atoms with E-state index in [1.54, 1.807) is 0 Å². The Bertz CT molecular complexity index is 532. The van der Waals surface area contributed by atoms with E-state index in [0.717, 1.165) is 0 Å². The molecule has 0 aromatic heterocycles. The zero-order valence-electron chi connectivity index (χ0n) is 9.18. The monoisotopic (exact) mass is 260 g/mol. The van der Waals surface area contributed by atoms with Gasteiger partial charge in [0.25, 0.3) is 10.2 Å². The minimum absolute atomic E-state index is 0.0775. The van der Waals surface area contributed by atoms with Gasteiger partial charge >= 0.3 is 0 Å². The van der Waals surface area contributed by atoms with Crippen molar-refractivity contribution in [1.29, 1.82) is 0 Å². The molecule has 3 N–H and O–H groups in total. The highest BCUT2D eigenvalue weighted by Crippen LogP contribution is 2.35. The summed E-state index contributed by atoms with van der Waals surface area (Å²) in [6.07, 6.45) is 0. The molecule has 0 fully saturated rings. The molecule has 17 heavy (non-hydrogen) atoms. The number of nitrogens with one attached hydrogen (secondary N) is 1. The first-order valence-corrected chi connectivity index (χ1v) is 6.64. The van der Waals surface area contributed by atoms with Crippen LogP contribution in [0.3, 0.4) is 0 Å². The van der Waals surface area contributed by atoms with Crippen molar-refractivity contribution >= 4 is 10.2 Å². The maximum absolute atomic E-state index is 13.0. The van der Waals surface area contributed by atoms with Crippen LogP contribution in [0, 0.1) is 11.7 Å². The van der Waals surface area contributed by atoms with Crippen molar-refractivity contribution in [2.75, 3.05) is 6.61 Å². The molecule has 0 aliphatic carbocycles. The van der Waals surface area contributed by atoms with Gasteiger partial charge in [-0.25, -0.2) is 9.53 Å². The maximum atomic E-state index is 13.0. The molecule has 0 saturated carbocycles. The number of benzene rings is 1. The topological polar surface area (TPSA) is 81.4 Å². The number of fused-ring (bicyclic) bond motifs is 1. The minimum atomic E-state index is -3.81. The minimum Gasteiger partial charge on any atom is -0.493 e. The molecular formula is C10H13FN2O3S. The highest BCUT2D eigenvalue weighted by molar-refractivity contribution is 7.87. The number of hydrogen-bond donors (Lipinski definition) is 2. The quantitative estimate of drug-likeness (QED) is 0.820. The van der Waals surface area contributed by atoms with Gasteiger partial charge in [-0.2, -0.15) is 13.1 Å². The molecule has 0 amide bonds. The molecule has 1 aliphatic heterocycles. The molecule has 1 aromatic carbocycles. The van der Waals surface area contributed by atoms with Crippen LogP contribution in [-0.2, 0) is 10.2 Å². The Hall–Kier alpha value is -1.18. The molecule has 7 heteroatoms. The second-order valence-electron chi connectivity index (χ2n) is 4.11. The fraction of sp³-hybridized carbons (Fsp3) is 0.400. The Morgan fingerprint density at radius 2 is 2.24 bits per heavy atom. The van der Waals surface area contributed by atoms with Crippen molar-refractivity contribution in [3.8, 4) is 5.75 Å². The lowest BCUT2D eigenvalue weighted by atomic mass is 9.93. The maximum Gasteiger partial charge on any atom is 0.274 e. The molecule has 0 spiro atoms. The molecule has 5 nitrogen and oxygen atoms in total. The number of halogens is 1.